The maximum Gasteiger partial charge on any atom is 0.245 e. The van der Waals surface area contributed by atoms with E-state index in [2.05, 4.69) is 12.2 Å². The van der Waals surface area contributed by atoms with Crippen LogP contribution in [0.5, 0.6) is 0 Å². The van der Waals surface area contributed by atoms with Crippen LogP contribution in [0.1, 0.15) is 58.8 Å². The van der Waals surface area contributed by atoms with Crippen molar-refractivity contribution in [1.29, 1.82) is 0 Å². The van der Waals surface area contributed by atoms with E-state index in [-0.39, 0.29) is 29.8 Å². The van der Waals surface area contributed by atoms with Crippen molar-refractivity contribution in [3.63, 3.8) is 0 Å². The molecule has 1 atom stereocenters. The third kappa shape index (κ3) is 3.48. The van der Waals surface area contributed by atoms with Gasteiger partial charge in [-0.1, -0.05) is 39.5 Å². The summed E-state index contributed by atoms with van der Waals surface area (Å²) in [7, 11) is 0. The van der Waals surface area contributed by atoms with Gasteiger partial charge in [0.05, 0.1) is 6.54 Å². The van der Waals surface area contributed by atoms with Crippen LogP contribution in [0, 0.1) is 5.41 Å². The van der Waals surface area contributed by atoms with Gasteiger partial charge in [-0.3, -0.25) is 9.59 Å². The predicted octanol–water partition coefficient (Wildman–Crippen LogP) is 2.08. The largest absolute Gasteiger partial charge is 0.343 e. The summed E-state index contributed by atoms with van der Waals surface area (Å²) in [5.74, 6) is 0.116. The molecule has 0 aromatic rings. The SMILES string of the molecule is CCCC1NC(=O)CN(CC2(C)CCCCC2)C1=O. The van der Waals surface area contributed by atoms with Crippen LogP contribution in [0.25, 0.3) is 0 Å². The second kappa shape index (κ2) is 5.93. The molecule has 0 aromatic carbocycles. The summed E-state index contributed by atoms with van der Waals surface area (Å²) < 4.78 is 0. The second-order valence-corrected chi connectivity index (χ2v) is 6.47. The molecule has 1 N–H and O–H groups in total. The molecular formula is C15H26N2O2. The first-order valence-corrected chi connectivity index (χ1v) is 7.62. The maximum absolute atomic E-state index is 12.4. The quantitative estimate of drug-likeness (QED) is 0.847. The lowest BCUT2D eigenvalue weighted by Gasteiger charge is -2.41. The van der Waals surface area contributed by atoms with Gasteiger partial charge in [-0.2, -0.15) is 0 Å². The first-order valence-electron chi connectivity index (χ1n) is 7.62. The molecule has 0 spiro atoms. The number of amides is 2. The van der Waals surface area contributed by atoms with E-state index >= 15 is 0 Å². The third-order valence-electron chi connectivity index (χ3n) is 4.49. The van der Waals surface area contributed by atoms with E-state index in [9.17, 15) is 9.59 Å². The summed E-state index contributed by atoms with van der Waals surface area (Å²) in [5.41, 5.74) is 0.211. The van der Waals surface area contributed by atoms with Gasteiger partial charge in [-0.25, -0.2) is 0 Å². The zero-order valence-electron chi connectivity index (χ0n) is 12.2. The lowest BCUT2D eigenvalue weighted by atomic mass is 9.75. The van der Waals surface area contributed by atoms with E-state index in [1.165, 1.54) is 32.1 Å². The van der Waals surface area contributed by atoms with E-state index in [4.69, 9.17) is 0 Å². The summed E-state index contributed by atoms with van der Waals surface area (Å²) >= 11 is 0. The Morgan fingerprint density at radius 1 is 1.26 bits per heavy atom. The Morgan fingerprint density at radius 2 is 1.95 bits per heavy atom. The Morgan fingerprint density at radius 3 is 2.58 bits per heavy atom. The van der Waals surface area contributed by atoms with Gasteiger partial charge in [0.15, 0.2) is 0 Å². The van der Waals surface area contributed by atoms with Crippen molar-refractivity contribution >= 4 is 11.8 Å². The van der Waals surface area contributed by atoms with Crippen LogP contribution in [0.15, 0.2) is 0 Å². The summed E-state index contributed by atoms with van der Waals surface area (Å²) in [5, 5.41) is 2.82. The molecule has 1 saturated heterocycles. The molecular weight excluding hydrogens is 240 g/mol. The number of carbonyl (C=O) groups is 2. The first kappa shape index (κ1) is 14.4. The third-order valence-corrected chi connectivity index (χ3v) is 4.49. The molecule has 108 valence electrons. The minimum absolute atomic E-state index is 0.00235. The average Bonchev–Trinajstić information content (AvgIpc) is 2.36. The van der Waals surface area contributed by atoms with E-state index in [1.807, 2.05) is 6.92 Å². The van der Waals surface area contributed by atoms with Crippen LogP contribution in [-0.4, -0.2) is 35.8 Å². The van der Waals surface area contributed by atoms with Crippen molar-refractivity contribution in [3.8, 4) is 0 Å². The van der Waals surface area contributed by atoms with Crippen molar-refractivity contribution in [2.24, 2.45) is 5.41 Å². The van der Waals surface area contributed by atoms with Crippen molar-refractivity contribution in [2.75, 3.05) is 13.1 Å². The highest BCUT2D eigenvalue weighted by Crippen LogP contribution is 2.36. The molecule has 1 unspecified atom stereocenters. The van der Waals surface area contributed by atoms with Gasteiger partial charge in [-0.05, 0) is 24.7 Å². The highest BCUT2D eigenvalue weighted by atomic mass is 16.2. The summed E-state index contributed by atoms with van der Waals surface area (Å²) in [6.45, 7) is 5.30. The molecule has 4 nitrogen and oxygen atoms in total. The van der Waals surface area contributed by atoms with Crippen LogP contribution in [0.4, 0.5) is 0 Å². The minimum atomic E-state index is -0.293. The summed E-state index contributed by atoms with van der Waals surface area (Å²) in [4.78, 5) is 25.9. The lowest BCUT2D eigenvalue weighted by Crippen LogP contribution is -2.59. The van der Waals surface area contributed by atoms with Crippen molar-refractivity contribution < 1.29 is 9.59 Å². The standard InChI is InChI=1S/C15H26N2O2/c1-3-7-12-14(19)17(10-13(18)16-12)11-15(2)8-5-4-6-9-15/h12H,3-11H2,1-2H3,(H,16,18). The number of carbonyl (C=O) groups excluding carboxylic acids is 2. The topological polar surface area (TPSA) is 49.4 Å². The molecule has 1 heterocycles. The summed E-state index contributed by atoms with van der Waals surface area (Å²) in [6, 6.07) is -0.293. The highest BCUT2D eigenvalue weighted by molar-refractivity contribution is 5.94. The Hall–Kier alpha value is -1.06. The van der Waals surface area contributed by atoms with Gasteiger partial charge in [-0.15, -0.1) is 0 Å². The fourth-order valence-electron chi connectivity index (χ4n) is 3.42. The van der Waals surface area contributed by atoms with Crippen molar-refractivity contribution in [3.05, 3.63) is 0 Å². The fourth-order valence-corrected chi connectivity index (χ4v) is 3.42. The molecule has 4 heteroatoms. The maximum atomic E-state index is 12.4. The van der Waals surface area contributed by atoms with Crippen LogP contribution in [0.2, 0.25) is 0 Å². The smallest absolute Gasteiger partial charge is 0.245 e. The van der Waals surface area contributed by atoms with E-state index < -0.39 is 0 Å². The fraction of sp³-hybridized carbons (Fsp3) is 0.867. The second-order valence-electron chi connectivity index (χ2n) is 6.47. The Kier molecular flexibility index (Phi) is 4.48. The van der Waals surface area contributed by atoms with Crippen molar-refractivity contribution in [1.82, 2.24) is 10.2 Å². The molecule has 0 aromatic heterocycles. The van der Waals surface area contributed by atoms with Crippen LogP contribution < -0.4 is 5.32 Å². The van der Waals surface area contributed by atoms with Crippen LogP contribution >= 0.6 is 0 Å². The molecule has 2 amide bonds. The molecule has 1 aliphatic heterocycles. The molecule has 2 rings (SSSR count). The number of nitrogens with one attached hydrogen (secondary N) is 1. The van der Waals surface area contributed by atoms with Gasteiger partial charge < -0.3 is 10.2 Å². The zero-order chi connectivity index (χ0) is 13.9. The normalized spacial score (nSPS) is 27.3. The molecule has 0 bridgehead atoms. The van der Waals surface area contributed by atoms with E-state index in [1.54, 1.807) is 4.90 Å². The van der Waals surface area contributed by atoms with Crippen molar-refractivity contribution in [2.45, 2.75) is 64.8 Å². The van der Waals surface area contributed by atoms with Gasteiger partial charge in [0.2, 0.25) is 11.8 Å². The van der Waals surface area contributed by atoms with Gasteiger partial charge in [0, 0.05) is 6.54 Å². The highest BCUT2D eigenvalue weighted by Gasteiger charge is 2.37. The van der Waals surface area contributed by atoms with E-state index in [0.717, 1.165) is 19.4 Å². The molecule has 2 aliphatic rings. The van der Waals surface area contributed by atoms with Gasteiger partial charge in [0.25, 0.3) is 0 Å². The number of rotatable bonds is 4. The molecule has 2 fully saturated rings. The van der Waals surface area contributed by atoms with Crippen LogP contribution in [-0.2, 0) is 9.59 Å². The molecule has 19 heavy (non-hydrogen) atoms. The molecule has 1 aliphatic carbocycles. The van der Waals surface area contributed by atoms with E-state index in [0.29, 0.717) is 0 Å². The number of hydrogen-bond donors (Lipinski definition) is 1. The van der Waals surface area contributed by atoms with Gasteiger partial charge in [0.1, 0.15) is 6.04 Å². The minimum Gasteiger partial charge on any atom is -0.343 e. The van der Waals surface area contributed by atoms with Crippen LogP contribution in [0.3, 0.4) is 0 Å². The average molecular weight is 266 g/mol. The number of nitrogens with zero attached hydrogens (tertiary/aromatic N) is 1. The zero-order valence-corrected chi connectivity index (χ0v) is 12.2. The monoisotopic (exact) mass is 266 g/mol. The Labute approximate surface area is 115 Å². The summed E-state index contributed by atoms with van der Waals surface area (Å²) in [6.07, 6.45) is 7.84. The molecule has 1 saturated carbocycles. The van der Waals surface area contributed by atoms with Gasteiger partial charge >= 0.3 is 0 Å². The predicted molar refractivity (Wildman–Crippen MR) is 74.6 cm³/mol. The molecule has 0 radical (unpaired) electrons. The number of piperazine rings is 1. The Bertz CT molecular complexity index is 348. The first-order chi connectivity index (χ1) is 9.04. The lowest BCUT2D eigenvalue weighted by molar-refractivity contribution is -0.146. The Balaban J connectivity index is 2.01. The number of hydrogen-bond acceptors (Lipinski definition) is 2.